The minimum absolute atomic E-state index is 0.121. The molecule has 4 heterocycles. The van der Waals surface area contributed by atoms with E-state index >= 15 is 4.39 Å². The van der Waals surface area contributed by atoms with E-state index in [4.69, 9.17) is 9.47 Å². The SMILES string of the molecule is COc1cc2ncc(-c3nc(N[C@@H]4C[C@@H](C(F)(F)F)CN(C(=O)OCc5ccccc5)C4)c(F)cc3F)n2nc1C1CC1. The third-order valence-electron chi connectivity index (χ3n) is 7.56. The summed E-state index contributed by atoms with van der Waals surface area (Å²) in [6.45, 7) is -0.944. The summed E-state index contributed by atoms with van der Waals surface area (Å²) in [6.07, 6.45) is -2.84. The number of benzene rings is 1. The first-order chi connectivity index (χ1) is 20.6. The maximum absolute atomic E-state index is 15.1. The highest BCUT2D eigenvalue weighted by Gasteiger charge is 2.46. The monoisotopic (exact) mass is 602 g/mol. The normalized spacial score (nSPS) is 19.0. The lowest BCUT2D eigenvalue weighted by atomic mass is 9.94. The van der Waals surface area contributed by atoms with E-state index in [-0.39, 0.29) is 30.5 Å². The topological polar surface area (TPSA) is 93.9 Å². The molecule has 1 aliphatic carbocycles. The van der Waals surface area contributed by atoms with Crippen LogP contribution in [0.1, 0.15) is 36.4 Å². The highest BCUT2D eigenvalue weighted by atomic mass is 19.4. The number of piperidine rings is 1. The zero-order valence-electron chi connectivity index (χ0n) is 22.9. The molecule has 1 N–H and O–H groups in total. The van der Waals surface area contributed by atoms with Crippen molar-refractivity contribution in [3.8, 4) is 17.1 Å². The average molecular weight is 603 g/mol. The summed E-state index contributed by atoms with van der Waals surface area (Å²) >= 11 is 0. The number of hydrogen-bond acceptors (Lipinski definition) is 7. The highest BCUT2D eigenvalue weighted by molar-refractivity contribution is 5.68. The molecule has 0 spiro atoms. The summed E-state index contributed by atoms with van der Waals surface area (Å²) in [5, 5.41) is 7.26. The van der Waals surface area contributed by atoms with Crippen LogP contribution in [0.4, 0.5) is 32.6 Å². The van der Waals surface area contributed by atoms with Crippen molar-refractivity contribution >= 4 is 17.6 Å². The van der Waals surface area contributed by atoms with Crippen molar-refractivity contribution in [3.63, 3.8) is 0 Å². The second kappa shape index (κ2) is 11.3. The van der Waals surface area contributed by atoms with Crippen LogP contribution in [0.15, 0.2) is 48.7 Å². The van der Waals surface area contributed by atoms with E-state index in [2.05, 4.69) is 20.4 Å². The van der Waals surface area contributed by atoms with Gasteiger partial charge in [-0.15, -0.1) is 0 Å². The number of halogens is 5. The zero-order valence-corrected chi connectivity index (χ0v) is 22.9. The van der Waals surface area contributed by atoms with Crippen LogP contribution < -0.4 is 10.1 Å². The van der Waals surface area contributed by atoms with Crippen molar-refractivity contribution in [2.45, 2.75) is 44.0 Å². The van der Waals surface area contributed by atoms with Crippen molar-refractivity contribution in [1.82, 2.24) is 24.5 Å². The molecule has 0 bridgehead atoms. The number of pyridine rings is 1. The fraction of sp³-hybridized carbons (Fsp3) is 0.379. The molecule has 3 aromatic heterocycles. The Kier molecular flexibility index (Phi) is 7.52. The van der Waals surface area contributed by atoms with E-state index in [9.17, 15) is 22.4 Å². The number of methoxy groups -OCH3 is 1. The Morgan fingerprint density at radius 2 is 1.86 bits per heavy atom. The van der Waals surface area contributed by atoms with Gasteiger partial charge in [-0.1, -0.05) is 30.3 Å². The third kappa shape index (κ3) is 6.04. The Bertz CT molecular complexity index is 1640. The Morgan fingerprint density at radius 1 is 1.09 bits per heavy atom. The highest BCUT2D eigenvalue weighted by Crippen LogP contribution is 2.43. The van der Waals surface area contributed by atoms with Crippen molar-refractivity contribution in [2.75, 3.05) is 25.5 Å². The summed E-state index contributed by atoms with van der Waals surface area (Å²) in [4.78, 5) is 22.1. The summed E-state index contributed by atoms with van der Waals surface area (Å²) in [5.74, 6) is -3.73. The van der Waals surface area contributed by atoms with Gasteiger partial charge in [0.2, 0.25) is 0 Å². The van der Waals surface area contributed by atoms with Gasteiger partial charge in [0, 0.05) is 37.2 Å². The summed E-state index contributed by atoms with van der Waals surface area (Å²) in [6, 6.07) is 9.91. The number of rotatable bonds is 7. The molecule has 1 saturated carbocycles. The molecule has 226 valence electrons. The van der Waals surface area contributed by atoms with Crippen molar-refractivity contribution < 1.29 is 36.2 Å². The molecule has 1 aromatic carbocycles. The zero-order chi connectivity index (χ0) is 30.3. The van der Waals surface area contributed by atoms with Gasteiger partial charge in [0.15, 0.2) is 23.1 Å². The Balaban J connectivity index is 1.26. The molecular weight excluding hydrogens is 575 g/mol. The summed E-state index contributed by atoms with van der Waals surface area (Å²) in [5.41, 5.74) is 1.53. The lowest BCUT2D eigenvalue weighted by Crippen LogP contribution is -2.52. The molecular formula is C29H27F5N6O3. The van der Waals surface area contributed by atoms with Gasteiger partial charge in [0.25, 0.3) is 0 Å². The van der Waals surface area contributed by atoms with E-state index in [0.717, 1.165) is 17.7 Å². The fourth-order valence-corrected chi connectivity index (χ4v) is 5.22. The number of alkyl halides is 3. The number of ether oxygens (including phenoxy) is 2. The molecule has 2 fully saturated rings. The molecule has 9 nitrogen and oxygen atoms in total. The number of likely N-dealkylation sites (tertiary alicyclic amines) is 1. The lowest BCUT2D eigenvalue weighted by molar-refractivity contribution is -0.185. The molecule has 1 amide bonds. The number of anilines is 1. The van der Waals surface area contributed by atoms with Gasteiger partial charge in [-0.2, -0.15) is 18.3 Å². The van der Waals surface area contributed by atoms with Crippen LogP contribution in [-0.4, -0.2) is 63.0 Å². The van der Waals surface area contributed by atoms with Crippen LogP contribution in [0.5, 0.6) is 5.75 Å². The van der Waals surface area contributed by atoms with E-state index in [0.29, 0.717) is 28.7 Å². The molecule has 1 aliphatic heterocycles. The second-order valence-corrected chi connectivity index (χ2v) is 10.7. The number of nitrogens with zero attached hydrogens (tertiary/aromatic N) is 5. The first kappa shape index (κ1) is 28.6. The third-order valence-corrected chi connectivity index (χ3v) is 7.56. The predicted octanol–water partition coefficient (Wildman–Crippen LogP) is 5.96. The maximum Gasteiger partial charge on any atom is 0.410 e. The van der Waals surface area contributed by atoms with Gasteiger partial charge in [-0.05, 0) is 24.8 Å². The number of amides is 1. The van der Waals surface area contributed by atoms with Gasteiger partial charge < -0.3 is 19.7 Å². The predicted molar refractivity (Wildman–Crippen MR) is 144 cm³/mol. The largest absolute Gasteiger partial charge is 0.495 e. The minimum atomic E-state index is -4.62. The van der Waals surface area contributed by atoms with Crippen LogP contribution in [0, 0.1) is 17.6 Å². The van der Waals surface area contributed by atoms with Crippen molar-refractivity contribution in [3.05, 3.63) is 71.6 Å². The Hall–Kier alpha value is -4.49. The van der Waals surface area contributed by atoms with Gasteiger partial charge in [-0.25, -0.2) is 28.1 Å². The number of aromatic nitrogens is 4. The Morgan fingerprint density at radius 3 is 2.56 bits per heavy atom. The molecule has 6 rings (SSSR count). The van der Waals surface area contributed by atoms with Crippen molar-refractivity contribution in [2.24, 2.45) is 5.92 Å². The molecule has 4 aromatic rings. The Labute approximate surface area is 242 Å². The smallest absolute Gasteiger partial charge is 0.410 e. The lowest BCUT2D eigenvalue weighted by Gasteiger charge is -2.38. The number of nitrogens with one attached hydrogen (secondary N) is 1. The van der Waals surface area contributed by atoms with E-state index in [1.54, 1.807) is 36.4 Å². The molecule has 43 heavy (non-hydrogen) atoms. The molecule has 0 unspecified atom stereocenters. The number of carbonyl (C=O) groups is 1. The van der Waals surface area contributed by atoms with Gasteiger partial charge in [0.1, 0.15) is 29.4 Å². The van der Waals surface area contributed by atoms with Crippen LogP contribution in [0.3, 0.4) is 0 Å². The second-order valence-electron chi connectivity index (χ2n) is 10.7. The quantitative estimate of drug-likeness (QED) is 0.261. The van der Waals surface area contributed by atoms with Crippen LogP contribution in [0.25, 0.3) is 17.0 Å². The summed E-state index contributed by atoms with van der Waals surface area (Å²) < 4.78 is 83.7. The van der Waals surface area contributed by atoms with E-state index in [1.165, 1.54) is 17.8 Å². The first-order valence-corrected chi connectivity index (χ1v) is 13.7. The van der Waals surface area contributed by atoms with E-state index < -0.39 is 54.6 Å². The fourth-order valence-electron chi connectivity index (χ4n) is 5.22. The standard InChI is InChI=1S/C29H27F5N6O3/c1-42-23-11-24-35-12-22(40(24)38-25(23)17-7-8-17)26-20(30)10-21(31)27(37-26)36-19-9-18(29(32,33)34)13-39(14-19)28(41)43-15-16-5-3-2-4-6-16/h2-6,10-12,17-19H,7-9,13-15H2,1H3,(H,36,37)/t18-,19-/m1/s1. The van der Waals surface area contributed by atoms with E-state index in [1.807, 2.05) is 0 Å². The number of imidazole rings is 1. The molecule has 2 atom stereocenters. The maximum atomic E-state index is 15.1. The average Bonchev–Trinajstić information content (AvgIpc) is 3.76. The number of hydrogen-bond donors (Lipinski definition) is 1. The van der Waals surface area contributed by atoms with Gasteiger partial charge in [0.05, 0.1) is 19.2 Å². The number of fused-ring (bicyclic) bond motifs is 1. The first-order valence-electron chi connectivity index (χ1n) is 13.7. The molecule has 14 heteroatoms. The molecule has 1 saturated heterocycles. The van der Waals surface area contributed by atoms with Crippen LogP contribution >= 0.6 is 0 Å². The minimum Gasteiger partial charge on any atom is -0.495 e. The molecule has 2 aliphatic rings. The van der Waals surface area contributed by atoms with Crippen LogP contribution in [0.2, 0.25) is 0 Å². The summed E-state index contributed by atoms with van der Waals surface area (Å²) in [7, 11) is 1.51. The van der Waals surface area contributed by atoms with Crippen molar-refractivity contribution in [1.29, 1.82) is 0 Å². The molecule has 0 radical (unpaired) electrons. The van der Waals surface area contributed by atoms with Crippen LogP contribution in [-0.2, 0) is 11.3 Å². The number of carbonyl (C=O) groups excluding carboxylic acids is 1. The van der Waals surface area contributed by atoms with Gasteiger partial charge in [-0.3, -0.25) is 0 Å². The van der Waals surface area contributed by atoms with Gasteiger partial charge >= 0.3 is 12.3 Å².